The van der Waals surface area contributed by atoms with Crippen molar-refractivity contribution in [1.29, 1.82) is 0 Å². The summed E-state index contributed by atoms with van der Waals surface area (Å²) < 4.78 is 1.56. The number of benzene rings is 2. The molecule has 0 unspecified atom stereocenters. The van der Waals surface area contributed by atoms with Crippen LogP contribution in [0.1, 0.15) is 16.1 Å². The molecule has 3 N–H and O–H groups in total. The first kappa shape index (κ1) is 21.1. The second-order valence-corrected chi connectivity index (χ2v) is 7.31. The van der Waals surface area contributed by atoms with Gasteiger partial charge in [-0.1, -0.05) is 35.9 Å². The van der Waals surface area contributed by atoms with Gasteiger partial charge in [0.1, 0.15) is 5.82 Å². The third-order valence-corrected chi connectivity index (χ3v) is 4.79. The highest BCUT2D eigenvalue weighted by Crippen LogP contribution is 2.21. The summed E-state index contributed by atoms with van der Waals surface area (Å²) in [6.07, 6.45) is 3.15. The largest absolute Gasteiger partial charge is 0.323 e. The number of urea groups is 1. The van der Waals surface area contributed by atoms with Crippen molar-refractivity contribution in [3.05, 3.63) is 95.4 Å². The van der Waals surface area contributed by atoms with Crippen LogP contribution >= 0.6 is 11.6 Å². The van der Waals surface area contributed by atoms with E-state index in [4.69, 9.17) is 11.6 Å². The minimum Gasteiger partial charge on any atom is -0.307 e. The van der Waals surface area contributed by atoms with E-state index in [0.717, 1.165) is 5.69 Å². The lowest BCUT2D eigenvalue weighted by molar-refractivity contribution is 0.102. The number of para-hydroxylation sites is 1. The molecule has 4 aromatic rings. The number of hydrogen-bond donors (Lipinski definition) is 3. The fourth-order valence-corrected chi connectivity index (χ4v) is 3.15. The van der Waals surface area contributed by atoms with Gasteiger partial charge in [0.05, 0.1) is 34.5 Å². The highest BCUT2D eigenvalue weighted by molar-refractivity contribution is 6.33. The maximum atomic E-state index is 12.6. The molecule has 0 fully saturated rings. The Morgan fingerprint density at radius 3 is 2.56 bits per heavy atom. The monoisotopic (exact) mass is 446 g/mol. The molecular formula is C23H19ClN6O2. The molecule has 0 aliphatic heterocycles. The number of aromatic nitrogens is 3. The molecule has 0 atom stereocenters. The van der Waals surface area contributed by atoms with Gasteiger partial charge >= 0.3 is 6.03 Å². The molecule has 0 spiro atoms. The van der Waals surface area contributed by atoms with E-state index in [1.165, 1.54) is 6.20 Å². The zero-order valence-corrected chi connectivity index (χ0v) is 17.8. The molecule has 160 valence electrons. The highest BCUT2D eigenvalue weighted by atomic mass is 35.5. The van der Waals surface area contributed by atoms with Gasteiger partial charge in [-0.3, -0.25) is 4.79 Å². The van der Waals surface area contributed by atoms with Crippen molar-refractivity contribution in [3.63, 3.8) is 0 Å². The van der Waals surface area contributed by atoms with Crippen LogP contribution in [0.4, 0.5) is 22.0 Å². The van der Waals surface area contributed by atoms with Gasteiger partial charge in [0.15, 0.2) is 0 Å². The van der Waals surface area contributed by atoms with E-state index in [1.54, 1.807) is 59.4 Å². The van der Waals surface area contributed by atoms with Crippen LogP contribution in [0, 0.1) is 6.92 Å². The average molecular weight is 447 g/mol. The lowest BCUT2D eigenvalue weighted by Gasteiger charge is -2.08. The zero-order chi connectivity index (χ0) is 22.5. The fraction of sp³-hybridized carbons (Fsp3) is 0.0435. The summed E-state index contributed by atoms with van der Waals surface area (Å²) in [6, 6.07) is 18.9. The standard InChI is InChI=1S/C23H19ClN6O2/c1-15-6-4-11-21(26-15)29-22(31)16-7-5-8-18(12-16)30-14-17(13-25-30)27-23(32)28-20-10-3-2-9-19(20)24/h2-14H,1H3,(H,26,29,31)(H2,27,28,32). The van der Waals surface area contributed by atoms with Gasteiger partial charge in [-0.15, -0.1) is 0 Å². The lowest BCUT2D eigenvalue weighted by Crippen LogP contribution is -2.19. The molecule has 9 heteroatoms. The Morgan fingerprint density at radius 2 is 1.75 bits per heavy atom. The predicted molar refractivity (Wildman–Crippen MR) is 125 cm³/mol. The third-order valence-electron chi connectivity index (χ3n) is 4.47. The van der Waals surface area contributed by atoms with Gasteiger partial charge in [-0.05, 0) is 49.4 Å². The number of amides is 3. The first-order chi connectivity index (χ1) is 15.5. The lowest BCUT2D eigenvalue weighted by atomic mass is 10.2. The molecule has 3 amide bonds. The number of aryl methyl sites for hydroxylation is 1. The predicted octanol–water partition coefficient (Wildman–Crippen LogP) is 5.13. The van der Waals surface area contributed by atoms with Gasteiger partial charge < -0.3 is 16.0 Å². The van der Waals surface area contributed by atoms with Gasteiger partial charge in [0, 0.05) is 11.3 Å². The third kappa shape index (κ3) is 5.11. The van der Waals surface area contributed by atoms with Crippen molar-refractivity contribution in [2.24, 2.45) is 0 Å². The molecule has 0 aliphatic carbocycles. The van der Waals surface area contributed by atoms with E-state index in [0.29, 0.717) is 33.5 Å². The number of carbonyl (C=O) groups excluding carboxylic acids is 2. The topological polar surface area (TPSA) is 101 Å². The van der Waals surface area contributed by atoms with Crippen molar-refractivity contribution in [2.45, 2.75) is 6.92 Å². The van der Waals surface area contributed by atoms with Gasteiger partial charge in [-0.2, -0.15) is 5.10 Å². The summed E-state index contributed by atoms with van der Waals surface area (Å²) in [4.78, 5) is 29.1. The summed E-state index contributed by atoms with van der Waals surface area (Å²) in [7, 11) is 0. The second kappa shape index (κ2) is 9.32. The molecule has 8 nitrogen and oxygen atoms in total. The molecule has 0 bridgehead atoms. The normalized spacial score (nSPS) is 10.4. The van der Waals surface area contributed by atoms with E-state index < -0.39 is 6.03 Å². The Balaban J connectivity index is 1.44. The van der Waals surface area contributed by atoms with Crippen molar-refractivity contribution in [2.75, 3.05) is 16.0 Å². The molecule has 2 aromatic carbocycles. The minimum absolute atomic E-state index is 0.283. The fourth-order valence-electron chi connectivity index (χ4n) is 2.97. The molecule has 0 aliphatic rings. The highest BCUT2D eigenvalue weighted by Gasteiger charge is 2.11. The first-order valence-electron chi connectivity index (χ1n) is 9.70. The summed E-state index contributed by atoms with van der Waals surface area (Å²) in [5.41, 5.74) is 2.91. The summed E-state index contributed by atoms with van der Waals surface area (Å²) in [5, 5.41) is 12.9. The quantitative estimate of drug-likeness (QED) is 0.395. The minimum atomic E-state index is -0.448. The summed E-state index contributed by atoms with van der Waals surface area (Å²) in [6.45, 7) is 1.86. The van der Waals surface area contributed by atoms with Crippen molar-refractivity contribution in [1.82, 2.24) is 14.8 Å². The molecule has 0 saturated carbocycles. The molecule has 0 radical (unpaired) electrons. The van der Waals surface area contributed by atoms with Crippen molar-refractivity contribution < 1.29 is 9.59 Å². The zero-order valence-electron chi connectivity index (χ0n) is 17.0. The molecule has 2 aromatic heterocycles. The number of nitrogens with one attached hydrogen (secondary N) is 3. The number of pyridine rings is 1. The first-order valence-corrected chi connectivity index (χ1v) is 10.1. The number of anilines is 3. The van der Waals surface area contributed by atoms with E-state index in [-0.39, 0.29) is 5.91 Å². The van der Waals surface area contributed by atoms with Crippen LogP contribution in [0.5, 0.6) is 0 Å². The second-order valence-electron chi connectivity index (χ2n) is 6.90. The van der Waals surface area contributed by atoms with Crippen LogP contribution < -0.4 is 16.0 Å². The van der Waals surface area contributed by atoms with Crippen LogP contribution in [0.15, 0.2) is 79.1 Å². The number of nitrogens with zero attached hydrogens (tertiary/aromatic N) is 3. The van der Waals surface area contributed by atoms with E-state index in [1.807, 2.05) is 25.1 Å². The van der Waals surface area contributed by atoms with Crippen LogP contribution in [0.3, 0.4) is 0 Å². The maximum Gasteiger partial charge on any atom is 0.323 e. The van der Waals surface area contributed by atoms with E-state index in [2.05, 4.69) is 26.0 Å². The Hall–Kier alpha value is -4.17. The van der Waals surface area contributed by atoms with Crippen LogP contribution in [-0.4, -0.2) is 26.7 Å². The Morgan fingerprint density at radius 1 is 0.938 bits per heavy atom. The van der Waals surface area contributed by atoms with Gasteiger partial charge in [-0.25, -0.2) is 14.5 Å². The van der Waals surface area contributed by atoms with Gasteiger partial charge in [0.2, 0.25) is 0 Å². The molecule has 32 heavy (non-hydrogen) atoms. The van der Waals surface area contributed by atoms with Gasteiger partial charge in [0.25, 0.3) is 5.91 Å². The molecule has 0 saturated heterocycles. The summed E-state index contributed by atoms with van der Waals surface area (Å²) >= 11 is 6.06. The number of carbonyl (C=O) groups is 2. The van der Waals surface area contributed by atoms with Crippen LogP contribution in [0.2, 0.25) is 5.02 Å². The van der Waals surface area contributed by atoms with Crippen molar-refractivity contribution >= 4 is 40.7 Å². The van der Waals surface area contributed by atoms with Crippen LogP contribution in [-0.2, 0) is 0 Å². The smallest absolute Gasteiger partial charge is 0.307 e. The average Bonchev–Trinajstić information content (AvgIpc) is 3.24. The Labute approximate surface area is 189 Å². The summed E-state index contributed by atoms with van der Waals surface area (Å²) in [5.74, 6) is 0.199. The van der Waals surface area contributed by atoms with E-state index >= 15 is 0 Å². The maximum absolute atomic E-state index is 12.6. The number of rotatable bonds is 5. The SMILES string of the molecule is Cc1cccc(NC(=O)c2cccc(-n3cc(NC(=O)Nc4ccccc4Cl)cn3)c2)n1. The van der Waals surface area contributed by atoms with Crippen LogP contribution in [0.25, 0.3) is 5.69 Å². The van der Waals surface area contributed by atoms with E-state index in [9.17, 15) is 9.59 Å². The number of halogens is 1. The molecule has 4 rings (SSSR count). The Bertz CT molecular complexity index is 1290. The van der Waals surface area contributed by atoms with Crippen molar-refractivity contribution in [3.8, 4) is 5.69 Å². The Kier molecular flexibility index (Phi) is 6.14. The number of hydrogen-bond acceptors (Lipinski definition) is 4. The molecular weight excluding hydrogens is 428 g/mol. The molecule has 2 heterocycles.